The van der Waals surface area contributed by atoms with Crippen molar-refractivity contribution < 1.29 is 9.59 Å². The predicted molar refractivity (Wildman–Crippen MR) is 90.4 cm³/mol. The normalized spacial score (nSPS) is 18.7. The lowest BCUT2D eigenvalue weighted by Crippen LogP contribution is -2.58. The molecule has 1 aliphatic rings. The third-order valence-corrected chi connectivity index (χ3v) is 4.44. The van der Waals surface area contributed by atoms with E-state index in [4.69, 9.17) is 0 Å². The quantitative estimate of drug-likeness (QED) is 0.851. The molecule has 128 valence electrons. The van der Waals surface area contributed by atoms with Gasteiger partial charge in [0.15, 0.2) is 0 Å². The number of rotatable bonds is 3. The molecule has 3 rings (SSSR count). The van der Waals surface area contributed by atoms with Gasteiger partial charge >= 0.3 is 0 Å². The van der Waals surface area contributed by atoms with Crippen LogP contribution >= 0.6 is 0 Å². The molecule has 7 nitrogen and oxygen atoms in total. The van der Waals surface area contributed by atoms with Crippen molar-refractivity contribution in [3.8, 4) is 0 Å². The molecule has 2 aromatic heterocycles. The van der Waals surface area contributed by atoms with E-state index in [-0.39, 0.29) is 11.8 Å². The van der Waals surface area contributed by atoms with Crippen LogP contribution in [0, 0.1) is 5.92 Å². The lowest BCUT2D eigenvalue weighted by Gasteiger charge is -2.39. The summed E-state index contributed by atoms with van der Waals surface area (Å²) in [5, 5.41) is 4.14. The summed E-state index contributed by atoms with van der Waals surface area (Å²) in [5.41, 5.74) is 2.04. The second-order valence-corrected chi connectivity index (χ2v) is 6.75. The Labute approximate surface area is 141 Å². The van der Waals surface area contributed by atoms with Crippen LogP contribution in [0.25, 0.3) is 11.0 Å². The molecular formula is C17H23N5O2. The van der Waals surface area contributed by atoms with Crippen molar-refractivity contribution in [1.82, 2.24) is 24.6 Å². The molecular weight excluding hydrogens is 306 g/mol. The minimum atomic E-state index is -0.452. The lowest BCUT2D eigenvalue weighted by atomic mass is 10.1. The molecule has 2 aromatic rings. The Morgan fingerprint density at radius 2 is 2.08 bits per heavy atom. The zero-order chi connectivity index (χ0) is 17.4. The highest BCUT2D eigenvalue weighted by Gasteiger charge is 2.34. The van der Waals surface area contributed by atoms with E-state index in [2.05, 4.69) is 23.9 Å². The van der Waals surface area contributed by atoms with E-state index in [1.54, 1.807) is 35.0 Å². The molecule has 1 atom stereocenters. The number of nitrogens with zero attached hydrogens (tertiary/aromatic N) is 5. The van der Waals surface area contributed by atoms with Crippen molar-refractivity contribution >= 4 is 22.8 Å². The maximum Gasteiger partial charge on any atom is 0.256 e. The van der Waals surface area contributed by atoms with Gasteiger partial charge in [-0.1, -0.05) is 13.8 Å². The summed E-state index contributed by atoms with van der Waals surface area (Å²) >= 11 is 0. The Morgan fingerprint density at radius 1 is 1.33 bits per heavy atom. The molecule has 0 saturated carbocycles. The summed E-state index contributed by atoms with van der Waals surface area (Å²) in [7, 11) is 1.81. The first-order chi connectivity index (χ1) is 11.4. The van der Waals surface area contributed by atoms with Crippen LogP contribution < -0.4 is 0 Å². The van der Waals surface area contributed by atoms with Crippen LogP contribution in [-0.2, 0) is 11.8 Å². The molecule has 3 heterocycles. The molecule has 0 aromatic carbocycles. The van der Waals surface area contributed by atoms with Gasteiger partial charge in [0.1, 0.15) is 11.6 Å². The number of carbonyl (C=O) groups excluding carboxylic acids is 2. The molecule has 0 N–H and O–H groups in total. The van der Waals surface area contributed by atoms with Crippen LogP contribution in [0.2, 0.25) is 0 Å². The summed E-state index contributed by atoms with van der Waals surface area (Å²) in [4.78, 5) is 33.2. The molecule has 2 amide bonds. The summed E-state index contributed by atoms with van der Waals surface area (Å²) in [6.45, 7) is 7.82. The highest BCUT2D eigenvalue weighted by molar-refractivity contribution is 5.99. The van der Waals surface area contributed by atoms with E-state index in [0.717, 1.165) is 17.6 Å². The zero-order valence-corrected chi connectivity index (χ0v) is 14.6. The summed E-state index contributed by atoms with van der Waals surface area (Å²) in [6.07, 6.45) is 3.23. The van der Waals surface area contributed by atoms with Crippen molar-refractivity contribution in [2.45, 2.75) is 26.8 Å². The number of hydrogen-bond donors (Lipinski definition) is 0. The smallest absolute Gasteiger partial charge is 0.256 e. The Hall–Kier alpha value is -2.44. The number of piperazine rings is 1. The van der Waals surface area contributed by atoms with Crippen LogP contribution in [0.5, 0.6) is 0 Å². The van der Waals surface area contributed by atoms with Crippen LogP contribution in [0.3, 0.4) is 0 Å². The Morgan fingerprint density at radius 3 is 2.79 bits per heavy atom. The number of pyridine rings is 1. The second kappa shape index (κ2) is 6.22. The van der Waals surface area contributed by atoms with Gasteiger partial charge in [-0.15, -0.1) is 0 Å². The largest absolute Gasteiger partial charge is 0.339 e. The Kier molecular flexibility index (Phi) is 4.26. The second-order valence-electron chi connectivity index (χ2n) is 6.75. The molecule has 1 saturated heterocycles. The predicted octanol–water partition coefficient (Wildman–Crippen LogP) is 1.30. The van der Waals surface area contributed by atoms with Gasteiger partial charge in [-0.3, -0.25) is 19.3 Å². The first-order valence-corrected chi connectivity index (χ1v) is 8.26. The van der Waals surface area contributed by atoms with Gasteiger partial charge < -0.3 is 9.80 Å². The summed E-state index contributed by atoms with van der Waals surface area (Å²) in [5.74, 6) is 0.272. The summed E-state index contributed by atoms with van der Waals surface area (Å²) in [6, 6.07) is 1.34. The van der Waals surface area contributed by atoms with Crippen molar-refractivity contribution in [2.75, 3.05) is 19.6 Å². The van der Waals surface area contributed by atoms with E-state index in [1.165, 1.54) is 0 Å². The van der Waals surface area contributed by atoms with Gasteiger partial charge in [0.2, 0.25) is 5.91 Å². The van der Waals surface area contributed by atoms with Crippen LogP contribution in [0.15, 0.2) is 18.5 Å². The van der Waals surface area contributed by atoms with Gasteiger partial charge in [0, 0.05) is 32.9 Å². The maximum absolute atomic E-state index is 12.8. The SMILES string of the molecule is CC(C)CN1CCN(C(=O)c2cnc3cnn(C)c3c2)C(C)C1=O. The zero-order valence-electron chi connectivity index (χ0n) is 14.6. The Balaban J connectivity index is 1.81. The summed E-state index contributed by atoms with van der Waals surface area (Å²) < 4.78 is 1.69. The van der Waals surface area contributed by atoms with E-state index < -0.39 is 6.04 Å². The Bertz CT molecular complexity index is 782. The minimum Gasteiger partial charge on any atom is -0.339 e. The van der Waals surface area contributed by atoms with Crippen molar-refractivity contribution in [3.05, 3.63) is 24.0 Å². The molecule has 0 radical (unpaired) electrons. The first kappa shape index (κ1) is 16.4. The molecule has 1 fully saturated rings. The van der Waals surface area contributed by atoms with Crippen LogP contribution in [-0.4, -0.2) is 62.1 Å². The fraction of sp³-hybridized carbons (Fsp3) is 0.529. The average molecular weight is 329 g/mol. The highest BCUT2D eigenvalue weighted by Crippen LogP contribution is 2.18. The van der Waals surface area contributed by atoms with Gasteiger partial charge in [-0.25, -0.2) is 0 Å². The van der Waals surface area contributed by atoms with Crippen molar-refractivity contribution in [1.29, 1.82) is 0 Å². The molecule has 24 heavy (non-hydrogen) atoms. The molecule has 1 unspecified atom stereocenters. The van der Waals surface area contributed by atoms with Gasteiger partial charge in [-0.05, 0) is 18.9 Å². The monoisotopic (exact) mass is 329 g/mol. The minimum absolute atomic E-state index is 0.0119. The van der Waals surface area contributed by atoms with E-state index in [9.17, 15) is 9.59 Å². The van der Waals surface area contributed by atoms with Gasteiger partial charge in [0.05, 0.1) is 17.3 Å². The highest BCUT2D eigenvalue weighted by atomic mass is 16.2. The van der Waals surface area contributed by atoms with Crippen molar-refractivity contribution in [3.63, 3.8) is 0 Å². The number of amides is 2. The average Bonchev–Trinajstić information content (AvgIpc) is 2.92. The third-order valence-electron chi connectivity index (χ3n) is 4.44. The lowest BCUT2D eigenvalue weighted by molar-refractivity contribution is -0.140. The standard InChI is InChI=1S/C17H23N5O2/c1-11(2)10-21-5-6-22(12(3)16(21)23)17(24)13-7-15-14(18-8-13)9-19-20(15)4/h7-9,11-12H,5-6,10H2,1-4H3. The maximum atomic E-state index is 12.8. The molecule has 0 spiro atoms. The van der Waals surface area contributed by atoms with Crippen molar-refractivity contribution in [2.24, 2.45) is 13.0 Å². The van der Waals surface area contributed by atoms with E-state index in [1.807, 2.05) is 11.9 Å². The third kappa shape index (κ3) is 2.86. The topological polar surface area (TPSA) is 71.3 Å². The number of hydrogen-bond acceptors (Lipinski definition) is 4. The fourth-order valence-corrected chi connectivity index (χ4v) is 3.14. The number of carbonyl (C=O) groups is 2. The van der Waals surface area contributed by atoms with Crippen LogP contribution in [0.4, 0.5) is 0 Å². The van der Waals surface area contributed by atoms with E-state index >= 15 is 0 Å². The molecule has 0 aliphatic carbocycles. The molecule has 0 bridgehead atoms. The fourth-order valence-electron chi connectivity index (χ4n) is 3.14. The number of fused-ring (bicyclic) bond motifs is 1. The van der Waals surface area contributed by atoms with Gasteiger partial charge in [0.25, 0.3) is 5.91 Å². The van der Waals surface area contributed by atoms with Gasteiger partial charge in [-0.2, -0.15) is 5.10 Å². The molecule has 1 aliphatic heterocycles. The molecule has 7 heteroatoms. The first-order valence-electron chi connectivity index (χ1n) is 8.26. The van der Waals surface area contributed by atoms with Crippen LogP contribution in [0.1, 0.15) is 31.1 Å². The van der Waals surface area contributed by atoms with E-state index in [0.29, 0.717) is 24.6 Å². The number of aryl methyl sites for hydroxylation is 1. The number of aromatic nitrogens is 3.